The molecule has 0 saturated heterocycles. The summed E-state index contributed by atoms with van der Waals surface area (Å²) in [5.41, 5.74) is 1.31. The summed E-state index contributed by atoms with van der Waals surface area (Å²) in [6.45, 7) is 3.03. The molecule has 4 heteroatoms. The van der Waals surface area contributed by atoms with E-state index in [-0.39, 0.29) is 6.04 Å². The first-order chi connectivity index (χ1) is 10.2. The molecule has 0 spiro atoms. The number of hydrogen-bond donors (Lipinski definition) is 1. The summed E-state index contributed by atoms with van der Waals surface area (Å²) in [5, 5.41) is 5.83. The highest BCUT2D eigenvalue weighted by Crippen LogP contribution is 2.29. The van der Waals surface area contributed by atoms with Gasteiger partial charge < -0.3 is 5.32 Å². The Balaban J connectivity index is 1.80. The molecule has 0 radical (unpaired) electrons. The molecule has 0 aliphatic rings. The Morgan fingerprint density at radius 3 is 2.57 bits per heavy atom. The molecule has 0 amide bonds. The van der Waals surface area contributed by atoms with Gasteiger partial charge in [0.2, 0.25) is 0 Å². The van der Waals surface area contributed by atoms with Crippen LogP contribution in [0.15, 0.2) is 58.4 Å². The van der Waals surface area contributed by atoms with Crippen LogP contribution < -0.4 is 5.32 Å². The van der Waals surface area contributed by atoms with E-state index in [1.54, 1.807) is 11.3 Å². The number of hydrogen-bond acceptors (Lipinski definition) is 3. The van der Waals surface area contributed by atoms with E-state index < -0.39 is 0 Å². The van der Waals surface area contributed by atoms with Crippen LogP contribution in [-0.2, 0) is 6.54 Å². The smallest absolute Gasteiger partial charge is 0.0673 e. The van der Waals surface area contributed by atoms with E-state index in [1.165, 1.54) is 24.7 Å². The van der Waals surface area contributed by atoms with Crippen LogP contribution >= 0.6 is 38.6 Å². The summed E-state index contributed by atoms with van der Waals surface area (Å²) in [4.78, 5) is 4.05. The lowest BCUT2D eigenvalue weighted by Gasteiger charge is -2.17. The van der Waals surface area contributed by atoms with Crippen LogP contribution in [0.4, 0.5) is 0 Å². The maximum Gasteiger partial charge on any atom is 0.0673 e. The van der Waals surface area contributed by atoms with Crippen molar-refractivity contribution in [1.82, 2.24) is 5.32 Å². The molecule has 21 heavy (non-hydrogen) atoms. The molecule has 1 N–H and O–H groups in total. The minimum absolute atomic E-state index is 0.257. The van der Waals surface area contributed by atoms with Crippen molar-refractivity contribution in [2.45, 2.75) is 19.5 Å². The van der Waals surface area contributed by atoms with Crippen molar-refractivity contribution >= 4 is 38.6 Å². The van der Waals surface area contributed by atoms with E-state index >= 15 is 0 Å². The van der Waals surface area contributed by atoms with Gasteiger partial charge in [0.1, 0.15) is 0 Å². The van der Waals surface area contributed by atoms with E-state index in [4.69, 9.17) is 0 Å². The molecule has 108 valence electrons. The lowest BCUT2D eigenvalue weighted by Crippen LogP contribution is -2.20. The number of halogens is 1. The molecule has 0 saturated carbocycles. The second-order valence-corrected chi connectivity index (χ2v) is 8.03. The molecule has 0 bridgehead atoms. The van der Waals surface area contributed by atoms with Gasteiger partial charge >= 0.3 is 0 Å². The molecule has 2 aromatic heterocycles. The SMILES string of the molecule is Cc1sc(CNC(c2ccccc2)c2cccs2)cc1Br. The molecule has 0 aliphatic heterocycles. The number of thiophene rings is 2. The van der Waals surface area contributed by atoms with Crippen LogP contribution in [0, 0.1) is 6.92 Å². The van der Waals surface area contributed by atoms with Gasteiger partial charge in [-0.05, 0) is 45.9 Å². The quantitative estimate of drug-likeness (QED) is 0.595. The molecule has 0 aliphatic carbocycles. The lowest BCUT2D eigenvalue weighted by molar-refractivity contribution is 0.618. The molecule has 1 atom stereocenters. The number of benzene rings is 1. The van der Waals surface area contributed by atoms with Crippen LogP contribution in [-0.4, -0.2) is 0 Å². The van der Waals surface area contributed by atoms with Gasteiger partial charge in [-0.25, -0.2) is 0 Å². The summed E-state index contributed by atoms with van der Waals surface area (Å²) in [6, 6.07) is 17.4. The van der Waals surface area contributed by atoms with Gasteiger partial charge in [-0.15, -0.1) is 22.7 Å². The molecule has 1 unspecified atom stereocenters. The van der Waals surface area contributed by atoms with Crippen LogP contribution in [0.5, 0.6) is 0 Å². The second kappa shape index (κ2) is 6.88. The Morgan fingerprint density at radius 2 is 1.95 bits per heavy atom. The van der Waals surface area contributed by atoms with E-state index in [0.29, 0.717) is 0 Å². The summed E-state index contributed by atoms with van der Waals surface area (Å²) in [6.07, 6.45) is 0. The van der Waals surface area contributed by atoms with E-state index in [9.17, 15) is 0 Å². The fraction of sp³-hybridized carbons (Fsp3) is 0.176. The molecule has 3 rings (SSSR count). The molecular formula is C17H16BrNS2. The highest BCUT2D eigenvalue weighted by atomic mass is 79.9. The van der Waals surface area contributed by atoms with Gasteiger partial charge in [0.25, 0.3) is 0 Å². The van der Waals surface area contributed by atoms with Crippen molar-refractivity contribution in [3.05, 3.63) is 78.6 Å². The van der Waals surface area contributed by atoms with E-state index in [2.05, 4.69) is 82.1 Å². The summed E-state index contributed by atoms with van der Waals surface area (Å²) >= 11 is 7.24. The predicted molar refractivity (Wildman–Crippen MR) is 96.2 cm³/mol. The summed E-state index contributed by atoms with van der Waals surface area (Å²) < 4.78 is 1.21. The fourth-order valence-corrected chi connectivity index (χ4v) is 4.67. The van der Waals surface area contributed by atoms with E-state index in [1.807, 2.05) is 11.3 Å². The minimum atomic E-state index is 0.257. The first kappa shape index (κ1) is 15.0. The highest BCUT2D eigenvalue weighted by molar-refractivity contribution is 9.10. The second-order valence-electron chi connectivity index (χ2n) is 4.86. The van der Waals surface area contributed by atoms with E-state index in [0.717, 1.165) is 6.54 Å². The minimum Gasteiger partial charge on any atom is -0.301 e. The Kier molecular flexibility index (Phi) is 4.91. The standard InChI is InChI=1S/C17H16BrNS2/c1-12-15(18)10-14(21-12)11-19-17(16-8-5-9-20-16)13-6-3-2-4-7-13/h2-10,17,19H,11H2,1H3. The summed E-state index contributed by atoms with van der Waals surface area (Å²) in [5.74, 6) is 0. The normalized spacial score (nSPS) is 12.5. The maximum absolute atomic E-state index is 3.70. The third kappa shape index (κ3) is 3.64. The highest BCUT2D eigenvalue weighted by Gasteiger charge is 2.15. The van der Waals surface area contributed by atoms with Crippen molar-refractivity contribution in [3.8, 4) is 0 Å². The molecule has 3 aromatic rings. The topological polar surface area (TPSA) is 12.0 Å². The summed E-state index contributed by atoms with van der Waals surface area (Å²) in [7, 11) is 0. The third-order valence-corrected chi connectivity index (χ3v) is 6.42. The maximum atomic E-state index is 3.70. The number of aryl methyl sites for hydroxylation is 1. The van der Waals surface area contributed by atoms with Gasteiger partial charge in [-0.3, -0.25) is 0 Å². The van der Waals surface area contributed by atoms with Crippen molar-refractivity contribution in [2.75, 3.05) is 0 Å². The first-order valence-corrected chi connectivity index (χ1v) is 9.29. The van der Waals surface area contributed by atoms with Crippen LogP contribution in [0.25, 0.3) is 0 Å². The fourth-order valence-electron chi connectivity index (χ4n) is 2.29. The zero-order valence-corrected chi connectivity index (χ0v) is 14.9. The number of rotatable bonds is 5. The van der Waals surface area contributed by atoms with Crippen molar-refractivity contribution in [2.24, 2.45) is 0 Å². The molecular weight excluding hydrogens is 362 g/mol. The largest absolute Gasteiger partial charge is 0.301 e. The van der Waals surface area contributed by atoms with Crippen molar-refractivity contribution in [3.63, 3.8) is 0 Å². The Morgan fingerprint density at radius 1 is 1.14 bits per heavy atom. The Hall–Kier alpha value is -0.940. The van der Waals surface area contributed by atoms with Gasteiger partial charge in [-0.1, -0.05) is 36.4 Å². The zero-order chi connectivity index (χ0) is 14.7. The lowest BCUT2D eigenvalue weighted by atomic mass is 10.1. The van der Waals surface area contributed by atoms with Crippen molar-refractivity contribution < 1.29 is 0 Å². The predicted octanol–water partition coefficient (Wildman–Crippen LogP) is 5.76. The zero-order valence-electron chi connectivity index (χ0n) is 11.7. The number of nitrogens with one attached hydrogen (secondary N) is 1. The van der Waals surface area contributed by atoms with Gasteiger partial charge in [-0.2, -0.15) is 0 Å². The third-order valence-electron chi connectivity index (χ3n) is 3.35. The van der Waals surface area contributed by atoms with Crippen LogP contribution in [0.2, 0.25) is 0 Å². The van der Waals surface area contributed by atoms with Crippen LogP contribution in [0.3, 0.4) is 0 Å². The van der Waals surface area contributed by atoms with Gasteiger partial charge in [0.15, 0.2) is 0 Å². The average molecular weight is 378 g/mol. The van der Waals surface area contributed by atoms with Gasteiger partial charge in [0, 0.05) is 25.6 Å². The Labute approximate surface area is 141 Å². The molecule has 1 aromatic carbocycles. The first-order valence-electron chi connectivity index (χ1n) is 6.80. The molecule has 2 heterocycles. The van der Waals surface area contributed by atoms with Crippen LogP contribution in [0.1, 0.15) is 26.2 Å². The average Bonchev–Trinajstić information content (AvgIpc) is 3.12. The van der Waals surface area contributed by atoms with Gasteiger partial charge in [0.05, 0.1) is 6.04 Å². The monoisotopic (exact) mass is 377 g/mol. The van der Waals surface area contributed by atoms with Crippen molar-refractivity contribution in [1.29, 1.82) is 0 Å². The molecule has 1 nitrogen and oxygen atoms in total. The Bertz CT molecular complexity index is 669. The molecule has 0 fully saturated rings.